The van der Waals surface area contributed by atoms with Crippen LogP contribution in [0.3, 0.4) is 0 Å². The van der Waals surface area contributed by atoms with Gasteiger partial charge in [0.05, 0.1) is 30.1 Å². The summed E-state index contributed by atoms with van der Waals surface area (Å²) in [6.45, 7) is 17.8. The van der Waals surface area contributed by atoms with Crippen LogP contribution in [0.2, 0.25) is 5.02 Å². The van der Waals surface area contributed by atoms with Crippen LogP contribution < -0.4 is 54.0 Å². The first-order valence-corrected chi connectivity index (χ1v) is 32.4. The molecular weight excluding hydrogens is 1210 g/mol. The number of rotatable bonds is 24. The first-order chi connectivity index (χ1) is 43.0. The highest BCUT2D eigenvalue weighted by molar-refractivity contribution is 6.41. The number of ketones is 6. The number of nitrogens with one attached hydrogen (secondary N) is 9. The van der Waals surface area contributed by atoms with Crippen LogP contribution in [0.15, 0.2) is 36.5 Å². The third-order valence-corrected chi connectivity index (χ3v) is 17.1. The van der Waals surface area contributed by atoms with Gasteiger partial charge < -0.3 is 59.0 Å². The molecule has 3 rings (SSSR count). The molecule has 2 heterocycles. The number of Topliss-reactive ketones (excluding diaryl/α,β-unsaturated/α-hetero) is 6. The van der Waals surface area contributed by atoms with Crippen molar-refractivity contribution >= 4 is 104 Å². The van der Waals surface area contributed by atoms with Crippen molar-refractivity contribution in [3.63, 3.8) is 0 Å². The zero-order valence-corrected chi connectivity index (χ0v) is 56.3. The van der Waals surface area contributed by atoms with Crippen LogP contribution in [0.5, 0.6) is 0 Å². The highest BCUT2D eigenvalue weighted by atomic mass is 35.5. The zero-order chi connectivity index (χ0) is 69.4. The fourth-order valence-electron chi connectivity index (χ4n) is 10.9. The number of halogens is 1. The van der Waals surface area contributed by atoms with E-state index in [1.807, 2.05) is 26.0 Å². The molecule has 510 valence electrons. The molecule has 1 aromatic heterocycles. The number of benzene rings is 1. The van der Waals surface area contributed by atoms with Gasteiger partial charge >= 0.3 is 0 Å². The van der Waals surface area contributed by atoms with Crippen molar-refractivity contribution in [1.29, 1.82) is 0 Å². The lowest BCUT2D eigenvalue weighted by Crippen LogP contribution is -2.62. The van der Waals surface area contributed by atoms with E-state index in [9.17, 15) is 67.1 Å². The highest BCUT2D eigenvalue weighted by Crippen LogP contribution is 2.35. The Morgan fingerprint density at radius 1 is 0.696 bits per heavy atom. The van der Waals surface area contributed by atoms with Gasteiger partial charge in [-0.15, -0.1) is 0 Å². The Morgan fingerprint density at radius 3 is 1.86 bits per heavy atom. The molecule has 92 heavy (non-hydrogen) atoms. The van der Waals surface area contributed by atoms with Crippen LogP contribution in [0.25, 0.3) is 10.9 Å². The second-order valence-electron chi connectivity index (χ2n) is 25.9. The number of fused-ring (bicyclic) bond motifs is 1. The molecule has 0 aliphatic carbocycles. The zero-order valence-electron chi connectivity index (χ0n) is 55.6. The Hall–Kier alpha value is -7.51. The predicted octanol–water partition coefficient (Wildman–Crippen LogP) is 3.67. The number of carbonyl (C=O) groups excluding carboxylic acids is 14. The first-order valence-electron chi connectivity index (χ1n) is 32.0. The van der Waals surface area contributed by atoms with Crippen LogP contribution in [-0.4, -0.2) is 148 Å². The standard InChI is InChI=1S/C66H100ClN11O14/c1-36(2)28-47-35-71-50(24-25-53(68)81)57(85)56(84)41(7)74-62(90)45(29-46-34-72-51-31-48(67)22-23-49(46)51)30-52(80)65(11,32-38(4)79)26-20-18-16-14-13-15-17-19-21-27-66(12,78-63(47)91)64(92)77-44(10)61(89)76-43(9)60(88)75-42(8)59(87)73-40(6)55(83)54(82)39(5)70-33-37(3)58(69)86/h15,17,22-23,31,34,36-37,39-45,47,50,70-72H,13-14,16,18-21,24-30,32-33,35H2,1-12H3,(H2,68,81)(H2,69,86)(H,73,87)(H,74,90)(H,75,88)(H,76,89)(H,77,92)(H,78,91)/b17-15+/t37-,39-,40-,41?,42?,43-,44?,45+,47+,50-,65-,66-/m0/s1. The molecule has 1 aromatic carbocycles. The average Bonchev–Trinajstić information content (AvgIpc) is 1.62. The van der Waals surface area contributed by atoms with E-state index in [2.05, 4.69) is 47.5 Å². The van der Waals surface area contributed by atoms with Crippen molar-refractivity contribution < 1.29 is 67.1 Å². The summed E-state index contributed by atoms with van der Waals surface area (Å²) in [7, 11) is 0. The first kappa shape index (κ1) is 78.7. The number of amides is 8. The molecule has 0 saturated carbocycles. The molecule has 0 saturated heterocycles. The van der Waals surface area contributed by atoms with E-state index in [-0.39, 0.29) is 75.5 Å². The normalized spacial score (nSPS) is 23.8. The molecule has 13 N–H and O–H groups in total. The second kappa shape index (κ2) is 37.3. The van der Waals surface area contributed by atoms with Crippen LogP contribution in [0.4, 0.5) is 0 Å². The summed E-state index contributed by atoms with van der Waals surface area (Å²) >= 11 is 6.27. The molecule has 1 aliphatic rings. The lowest BCUT2D eigenvalue weighted by Gasteiger charge is -2.33. The van der Waals surface area contributed by atoms with Gasteiger partial charge in [0.25, 0.3) is 0 Å². The van der Waals surface area contributed by atoms with Gasteiger partial charge in [0.2, 0.25) is 70.4 Å². The third kappa shape index (κ3) is 25.2. The van der Waals surface area contributed by atoms with Gasteiger partial charge in [-0.3, -0.25) is 67.1 Å². The maximum absolute atomic E-state index is 14.6. The largest absolute Gasteiger partial charge is 0.370 e. The Morgan fingerprint density at radius 2 is 1.27 bits per heavy atom. The monoisotopic (exact) mass is 1310 g/mol. The Bertz CT molecular complexity index is 3040. The van der Waals surface area contributed by atoms with Crippen LogP contribution in [-0.2, 0) is 73.5 Å². The van der Waals surface area contributed by atoms with E-state index in [1.165, 1.54) is 55.4 Å². The van der Waals surface area contributed by atoms with Gasteiger partial charge in [0, 0.05) is 71.7 Å². The molecule has 8 amide bonds. The SMILES string of the molecule is CC(=O)C[C@]1(C)CCCCCC/C=C/CCC[C@@](C)(C(=O)NC(C)C(=O)N[C@@H](C)C(=O)NC(C)C(=O)N[C@@H](C)C(=O)C(=O)[C@H](C)NC[C@H](C)C(N)=O)NC(=O)[C@H](CC(C)C)CN[C@@H](CCC(N)=O)C(=O)C(=O)C(C)NC(=O)[C@H](Cc2c[nH]c3cc(Cl)ccc23)CC1=O. The van der Waals surface area contributed by atoms with E-state index in [4.69, 9.17) is 23.1 Å². The molecule has 0 bridgehead atoms. The predicted molar refractivity (Wildman–Crippen MR) is 348 cm³/mol. The summed E-state index contributed by atoms with van der Waals surface area (Å²) < 4.78 is 0. The number of aromatic nitrogens is 1. The Labute approximate surface area is 544 Å². The quantitative estimate of drug-likeness (QED) is 0.0528. The molecule has 26 heteroatoms. The molecule has 3 unspecified atom stereocenters. The number of allylic oxidation sites excluding steroid dienone is 2. The van der Waals surface area contributed by atoms with Crippen LogP contribution >= 0.6 is 11.6 Å². The number of hydrogen-bond acceptors (Lipinski definition) is 16. The topological polar surface area (TPSA) is 403 Å². The summed E-state index contributed by atoms with van der Waals surface area (Å²) in [5.41, 5.74) is 9.41. The fourth-order valence-corrected chi connectivity index (χ4v) is 11.1. The average molecular weight is 1310 g/mol. The summed E-state index contributed by atoms with van der Waals surface area (Å²) in [4.78, 5) is 192. The molecule has 25 nitrogen and oxygen atoms in total. The van der Waals surface area contributed by atoms with Crippen LogP contribution in [0.1, 0.15) is 179 Å². The number of hydrogen-bond donors (Lipinski definition) is 11. The van der Waals surface area contributed by atoms with Crippen molar-refractivity contribution in [2.75, 3.05) is 13.1 Å². The second-order valence-corrected chi connectivity index (χ2v) is 26.3. The van der Waals surface area contributed by atoms with Crippen molar-refractivity contribution in [3.8, 4) is 0 Å². The minimum atomic E-state index is -1.67. The van der Waals surface area contributed by atoms with Gasteiger partial charge in [-0.2, -0.15) is 0 Å². The lowest BCUT2D eigenvalue weighted by molar-refractivity contribution is -0.141. The smallest absolute Gasteiger partial charge is 0.246 e. The van der Waals surface area contributed by atoms with E-state index >= 15 is 0 Å². The van der Waals surface area contributed by atoms with E-state index < -0.39 is 141 Å². The number of aromatic amines is 1. The summed E-state index contributed by atoms with van der Waals surface area (Å²) in [5.74, 6) is -13.0. The van der Waals surface area contributed by atoms with E-state index in [0.29, 0.717) is 41.8 Å². The molecule has 1 aliphatic heterocycles. The number of H-pyrrole nitrogens is 1. The molecular formula is C66H100ClN11O14. The Balaban J connectivity index is 1.90. The van der Waals surface area contributed by atoms with Gasteiger partial charge in [-0.1, -0.05) is 76.8 Å². The molecule has 2 aromatic rings. The molecule has 0 fully saturated rings. The lowest BCUT2D eigenvalue weighted by atomic mass is 9.73. The van der Waals surface area contributed by atoms with Gasteiger partial charge in [0.1, 0.15) is 35.2 Å². The van der Waals surface area contributed by atoms with Gasteiger partial charge in [-0.05, 0) is 137 Å². The van der Waals surface area contributed by atoms with Gasteiger partial charge in [-0.25, -0.2) is 0 Å². The van der Waals surface area contributed by atoms with Gasteiger partial charge in [0.15, 0.2) is 0 Å². The van der Waals surface area contributed by atoms with E-state index in [1.54, 1.807) is 38.2 Å². The summed E-state index contributed by atoms with van der Waals surface area (Å²) in [5, 5.41) is 22.6. The summed E-state index contributed by atoms with van der Waals surface area (Å²) in [6, 6.07) is -3.70. The minimum Gasteiger partial charge on any atom is -0.370 e. The van der Waals surface area contributed by atoms with Crippen molar-refractivity contribution in [3.05, 3.63) is 47.1 Å². The highest BCUT2D eigenvalue weighted by Gasteiger charge is 2.41. The molecule has 12 atom stereocenters. The van der Waals surface area contributed by atoms with Crippen molar-refractivity contribution in [1.82, 2.24) is 47.5 Å². The van der Waals surface area contributed by atoms with E-state index in [0.717, 1.165) is 31.1 Å². The summed E-state index contributed by atoms with van der Waals surface area (Å²) in [6.07, 6.45) is 10.1. The van der Waals surface area contributed by atoms with Crippen molar-refractivity contribution in [2.24, 2.45) is 40.6 Å². The maximum Gasteiger partial charge on any atom is 0.246 e. The van der Waals surface area contributed by atoms with Crippen molar-refractivity contribution in [2.45, 2.75) is 227 Å². The number of carbonyl (C=O) groups is 14. The Kier molecular flexibility index (Phi) is 31.9. The maximum atomic E-state index is 14.6. The fraction of sp³-hybridized carbons (Fsp3) is 0.636. The molecule has 0 spiro atoms. The minimum absolute atomic E-state index is 0.0385. The van der Waals surface area contributed by atoms with Crippen LogP contribution in [0, 0.1) is 29.1 Å². The third-order valence-electron chi connectivity index (χ3n) is 16.9. The number of nitrogens with two attached hydrogens (primary N) is 2. The molecule has 0 radical (unpaired) electrons. The number of primary amides is 2.